The van der Waals surface area contributed by atoms with E-state index in [4.69, 9.17) is 0 Å². The molecule has 1 fully saturated rings. The first-order valence-corrected chi connectivity index (χ1v) is 7.39. The summed E-state index contributed by atoms with van der Waals surface area (Å²) in [6.45, 7) is 14.0. The third-order valence-electron chi connectivity index (χ3n) is 3.57. The summed E-state index contributed by atoms with van der Waals surface area (Å²) >= 11 is 0. The quantitative estimate of drug-likeness (QED) is 0.790. The largest absolute Gasteiger partial charge is 0.326 e. The molecule has 0 saturated carbocycles. The molecule has 0 aliphatic carbocycles. The number of nitrogens with one attached hydrogen (secondary N) is 1. The van der Waals surface area contributed by atoms with Crippen LogP contribution in [0.1, 0.15) is 54.4 Å². The van der Waals surface area contributed by atoms with Gasteiger partial charge in [0.05, 0.1) is 12.2 Å². The number of hydrogen-bond donors (Lipinski definition) is 1. The fourth-order valence-corrected chi connectivity index (χ4v) is 2.54. The molecule has 1 saturated heterocycles. The highest BCUT2D eigenvalue weighted by atomic mass is 16.2. The van der Waals surface area contributed by atoms with E-state index in [0.717, 1.165) is 19.4 Å². The summed E-state index contributed by atoms with van der Waals surface area (Å²) in [4.78, 5) is 14.5. The van der Waals surface area contributed by atoms with Crippen LogP contribution in [0.2, 0.25) is 0 Å². The van der Waals surface area contributed by atoms with E-state index in [1.807, 2.05) is 0 Å². The predicted octanol–water partition coefficient (Wildman–Crippen LogP) is 2.86. The Morgan fingerprint density at radius 1 is 1.11 bits per heavy atom. The van der Waals surface area contributed by atoms with Crippen LogP contribution in [0.25, 0.3) is 0 Å². The highest BCUT2D eigenvalue weighted by molar-refractivity contribution is 5.84. The van der Waals surface area contributed by atoms with Crippen LogP contribution in [-0.2, 0) is 4.79 Å². The lowest BCUT2D eigenvalue weighted by molar-refractivity contribution is -0.130. The average Bonchev–Trinajstić information content (AvgIpc) is 2.53. The van der Waals surface area contributed by atoms with Crippen molar-refractivity contribution < 1.29 is 4.79 Å². The van der Waals surface area contributed by atoms with Gasteiger partial charge in [0.25, 0.3) is 0 Å². The van der Waals surface area contributed by atoms with Crippen molar-refractivity contribution in [2.24, 2.45) is 17.8 Å². The Hall–Kier alpha value is -0.570. The summed E-state index contributed by atoms with van der Waals surface area (Å²) in [5.74, 6) is 1.99. The zero-order valence-corrected chi connectivity index (χ0v) is 12.9. The Bertz CT molecular complexity index is 274. The maximum atomic E-state index is 12.4. The lowest BCUT2D eigenvalue weighted by atomic mass is 10.0. The van der Waals surface area contributed by atoms with E-state index in [-0.39, 0.29) is 12.2 Å². The lowest BCUT2D eigenvalue weighted by Crippen LogP contribution is -2.42. The van der Waals surface area contributed by atoms with Crippen molar-refractivity contribution in [1.82, 2.24) is 10.2 Å². The summed E-state index contributed by atoms with van der Waals surface area (Å²) < 4.78 is 0. The monoisotopic (exact) mass is 254 g/mol. The molecule has 1 N–H and O–H groups in total. The Labute approximate surface area is 112 Å². The number of amides is 1. The fourth-order valence-electron chi connectivity index (χ4n) is 2.54. The van der Waals surface area contributed by atoms with Gasteiger partial charge in [0.2, 0.25) is 5.91 Å². The van der Waals surface area contributed by atoms with Crippen LogP contribution in [0.3, 0.4) is 0 Å². The lowest BCUT2D eigenvalue weighted by Gasteiger charge is -2.27. The summed E-state index contributed by atoms with van der Waals surface area (Å²) in [5, 5.41) is 3.52. The molecule has 1 rings (SSSR count). The van der Waals surface area contributed by atoms with Gasteiger partial charge in [-0.3, -0.25) is 10.1 Å². The summed E-state index contributed by atoms with van der Waals surface area (Å²) in [7, 11) is 0. The molecule has 2 atom stereocenters. The zero-order valence-electron chi connectivity index (χ0n) is 12.9. The normalized spacial score (nSPS) is 24.9. The molecule has 0 aromatic heterocycles. The molecule has 0 radical (unpaired) electrons. The maximum absolute atomic E-state index is 12.4. The van der Waals surface area contributed by atoms with Crippen LogP contribution in [0.15, 0.2) is 0 Å². The van der Waals surface area contributed by atoms with Crippen LogP contribution < -0.4 is 5.32 Å². The van der Waals surface area contributed by atoms with E-state index in [1.54, 1.807) is 0 Å². The van der Waals surface area contributed by atoms with Crippen molar-refractivity contribution in [3.63, 3.8) is 0 Å². The van der Waals surface area contributed by atoms with E-state index in [0.29, 0.717) is 23.7 Å². The minimum atomic E-state index is 0.0320. The number of nitrogens with zero attached hydrogens (tertiary/aromatic N) is 1. The van der Waals surface area contributed by atoms with Crippen LogP contribution >= 0.6 is 0 Å². The van der Waals surface area contributed by atoms with Crippen LogP contribution in [-0.4, -0.2) is 29.6 Å². The van der Waals surface area contributed by atoms with Crippen molar-refractivity contribution in [2.45, 2.75) is 66.6 Å². The van der Waals surface area contributed by atoms with Gasteiger partial charge in [-0.15, -0.1) is 0 Å². The average molecular weight is 254 g/mol. The second kappa shape index (κ2) is 6.55. The molecule has 106 valence electrons. The van der Waals surface area contributed by atoms with E-state index in [9.17, 15) is 4.79 Å². The standard InChI is InChI=1S/C15H30N2O/c1-10(2)7-8-17-14(12(5)6)16-13(15(17)18)9-11(3)4/h10-14,16H,7-9H2,1-6H3. The van der Waals surface area contributed by atoms with Gasteiger partial charge in [0.1, 0.15) is 0 Å². The fraction of sp³-hybridized carbons (Fsp3) is 0.933. The predicted molar refractivity (Wildman–Crippen MR) is 76.2 cm³/mol. The molecule has 1 heterocycles. The molecule has 1 aliphatic heterocycles. The molecule has 2 unspecified atom stereocenters. The second-order valence-corrected chi connectivity index (χ2v) is 6.75. The van der Waals surface area contributed by atoms with Crippen molar-refractivity contribution in [3.05, 3.63) is 0 Å². The molecule has 0 aromatic rings. The minimum absolute atomic E-state index is 0.0320. The van der Waals surface area contributed by atoms with Gasteiger partial charge in [-0.25, -0.2) is 0 Å². The van der Waals surface area contributed by atoms with Crippen molar-refractivity contribution >= 4 is 5.91 Å². The molecule has 3 nitrogen and oxygen atoms in total. The van der Waals surface area contributed by atoms with Gasteiger partial charge < -0.3 is 4.90 Å². The topological polar surface area (TPSA) is 32.3 Å². The molecule has 0 aromatic carbocycles. The third-order valence-corrected chi connectivity index (χ3v) is 3.57. The summed E-state index contributed by atoms with van der Waals surface area (Å²) in [6.07, 6.45) is 2.26. The number of rotatable bonds is 6. The summed E-state index contributed by atoms with van der Waals surface area (Å²) in [5.41, 5.74) is 0. The van der Waals surface area contributed by atoms with Gasteiger partial charge in [-0.2, -0.15) is 0 Å². The Morgan fingerprint density at radius 3 is 2.17 bits per heavy atom. The number of carbonyl (C=O) groups is 1. The van der Waals surface area contributed by atoms with Crippen LogP contribution in [0.5, 0.6) is 0 Å². The first-order chi connectivity index (χ1) is 8.32. The van der Waals surface area contributed by atoms with Gasteiger partial charge >= 0.3 is 0 Å². The molecule has 1 amide bonds. The van der Waals surface area contributed by atoms with Gasteiger partial charge in [0.15, 0.2) is 0 Å². The molecular weight excluding hydrogens is 224 g/mol. The first-order valence-electron chi connectivity index (χ1n) is 7.39. The molecule has 18 heavy (non-hydrogen) atoms. The number of carbonyl (C=O) groups excluding carboxylic acids is 1. The van der Waals surface area contributed by atoms with Crippen molar-refractivity contribution in [1.29, 1.82) is 0 Å². The Kier molecular flexibility index (Phi) is 5.64. The highest BCUT2D eigenvalue weighted by Gasteiger charge is 2.39. The van der Waals surface area contributed by atoms with Crippen molar-refractivity contribution in [2.75, 3.05) is 6.54 Å². The smallest absolute Gasteiger partial charge is 0.241 e. The van der Waals surface area contributed by atoms with Crippen LogP contribution in [0.4, 0.5) is 0 Å². The first kappa shape index (κ1) is 15.5. The highest BCUT2D eigenvalue weighted by Crippen LogP contribution is 2.22. The van der Waals surface area contributed by atoms with Crippen LogP contribution in [0, 0.1) is 17.8 Å². The maximum Gasteiger partial charge on any atom is 0.241 e. The molecular formula is C15H30N2O. The van der Waals surface area contributed by atoms with Gasteiger partial charge in [-0.1, -0.05) is 41.5 Å². The molecule has 3 heteroatoms. The van der Waals surface area contributed by atoms with Gasteiger partial charge in [-0.05, 0) is 30.6 Å². The second-order valence-electron chi connectivity index (χ2n) is 6.75. The van der Waals surface area contributed by atoms with E-state index in [2.05, 4.69) is 51.8 Å². The van der Waals surface area contributed by atoms with Crippen molar-refractivity contribution in [3.8, 4) is 0 Å². The SMILES string of the molecule is CC(C)CCN1C(=O)C(CC(C)C)NC1C(C)C. The minimum Gasteiger partial charge on any atom is -0.326 e. The third kappa shape index (κ3) is 3.98. The number of hydrogen-bond acceptors (Lipinski definition) is 2. The van der Waals surface area contributed by atoms with E-state index < -0.39 is 0 Å². The zero-order chi connectivity index (χ0) is 13.9. The van der Waals surface area contributed by atoms with Gasteiger partial charge in [0, 0.05) is 6.54 Å². The van der Waals surface area contributed by atoms with E-state index in [1.165, 1.54) is 0 Å². The summed E-state index contributed by atoms with van der Waals surface area (Å²) in [6, 6.07) is 0.0320. The molecule has 0 spiro atoms. The van der Waals surface area contributed by atoms with E-state index >= 15 is 0 Å². The molecule has 0 bridgehead atoms. The molecule has 1 aliphatic rings. The Morgan fingerprint density at radius 2 is 1.72 bits per heavy atom. The Balaban J connectivity index is 2.68.